The van der Waals surface area contributed by atoms with Crippen molar-refractivity contribution in [3.8, 4) is 0 Å². The van der Waals surface area contributed by atoms with Gasteiger partial charge >= 0.3 is 0 Å². The summed E-state index contributed by atoms with van der Waals surface area (Å²) < 4.78 is 0. The molecule has 0 radical (unpaired) electrons. The number of hydrogen-bond acceptors (Lipinski definition) is 3. The highest BCUT2D eigenvalue weighted by atomic mass is 35.5. The summed E-state index contributed by atoms with van der Waals surface area (Å²) in [5, 5.41) is 1.76. The third-order valence-corrected chi connectivity index (χ3v) is 3.21. The highest BCUT2D eigenvalue weighted by molar-refractivity contribution is 7.18. The Bertz CT molecular complexity index is 437. The molecule has 0 aliphatic carbocycles. The van der Waals surface area contributed by atoms with E-state index in [1.54, 1.807) is 17.5 Å². The average molecular weight is 229 g/mol. The van der Waals surface area contributed by atoms with Crippen LogP contribution in [0.25, 0.3) is 10.3 Å². The molecule has 2 aromatic rings. The Morgan fingerprint density at radius 1 is 1.43 bits per heavy atom. The minimum atomic E-state index is 0. The largest absolute Gasteiger partial charge is 0.242 e. The van der Waals surface area contributed by atoms with Gasteiger partial charge in [0.1, 0.15) is 10.3 Å². The van der Waals surface area contributed by atoms with Crippen LogP contribution in [0.2, 0.25) is 5.02 Å². The van der Waals surface area contributed by atoms with Gasteiger partial charge in [-0.2, -0.15) is 0 Å². The van der Waals surface area contributed by atoms with Crippen molar-refractivity contribution in [2.45, 2.75) is 27.2 Å². The average Bonchev–Trinajstić information content (AvgIpc) is 2.46. The van der Waals surface area contributed by atoms with E-state index in [0.717, 1.165) is 15.4 Å². The SMILES string of the molecule is C.CC(C)c1nc2cc(Cl)cnc2s1. The van der Waals surface area contributed by atoms with Gasteiger partial charge in [0, 0.05) is 12.1 Å². The van der Waals surface area contributed by atoms with Gasteiger partial charge in [0.05, 0.1) is 10.0 Å². The molecule has 2 rings (SSSR count). The summed E-state index contributed by atoms with van der Waals surface area (Å²) in [6.45, 7) is 4.25. The first-order valence-electron chi connectivity index (χ1n) is 4.09. The molecule has 2 heterocycles. The molecule has 2 nitrogen and oxygen atoms in total. The zero-order valence-electron chi connectivity index (χ0n) is 7.41. The number of hydrogen-bond donors (Lipinski definition) is 0. The van der Waals surface area contributed by atoms with Gasteiger partial charge < -0.3 is 0 Å². The van der Waals surface area contributed by atoms with Crippen LogP contribution >= 0.6 is 22.9 Å². The lowest BCUT2D eigenvalue weighted by Crippen LogP contribution is -1.82. The van der Waals surface area contributed by atoms with E-state index in [9.17, 15) is 0 Å². The van der Waals surface area contributed by atoms with Crippen molar-refractivity contribution in [1.29, 1.82) is 0 Å². The molecule has 76 valence electrons. The molecule has 0 aliphatic rings. The lowest BCUT2D eigenvalue weighted by Gasteiger charge is -1.94. The summed E-state index contributed by atoms with van der Waals surface area (Å²) in [5.74, 6) is 0.456. The van der Waals surface area contributed by atoms with E-state index in [1.165, 1.54) is 0 Å². The monoisotopic (exact) mass is 228 g/mol. The number of fused-ring (bicyclic) bond motifs is 1. The first-order chi connectivity index (χ1) is 6.16. The van der Waals surface area contributed by atoms with Crippen molar-refractivity contribution in [3.05, 3.63) is 22.3 Å². The fraction of sp³-hybridized carbons (Fsp3) is 0.400. The minimum Gasteiger partial charge on any atom is -0.242 e. The standard InChI is InChI=1S/C9H9ClN2S.CH4/c1-5(2)8-12-7-3-6(10)4-11-9(7)13-8;/h3-5H,1-2H3;1H4. The second kappa shape index (κ2) is 4.24. The topological polar surface area (TPSA) is 25.8 Å². The van der Waals surface area contributed by atoms with Crippen LogP contribution in [-0.4, -0.2) is 9.97 Å². The molecule has 0 unspecified atom stereocenters. The molecule has 0 spiro atoms. The van der Waals surface area contributed by atoms with Gasteiger partial charge in [-0.25, -0.2) is 9.97 Å². The van der Waals surface area contributed by atoms with Crippen LogP contribution in [0.5, 0.6) is 0 Å². The highest BCUT2D eigenvalue weighted by Crippen LogP contribution is 2.26. The number of pyridine rings is 1. The zero-order valence-corrected chi connectivity index (χ0v) is 8.99. The van der Waals surface area contributed by atoms with E-state index >= 15 is 0 Å². The zero-order chi connectivity index (χ0) is 9.42. The molecule has 14 heavy (non-hydrogen) atoms. The van der Waals surface area contributed by atoms with E-state index in [1.807, 2.05) is 6.07 Å². The molecule has 0 saturated heterocycles. The number of rotatable bonds is 1. The fourth-order valence-corrected chi connectivity index (χ4v) is 2.11. The Balaban J connectivity index is 0.000000980. The lowest BCUT2D eigenvalue weighted by molar-refractivity contribution is 0.857. The predicted molar refractivity (Wildman–Crippen MR) is 63.2 cm³/mol. The minimum absolute atomic E-state index is 0. The summed E-state index contributed by atoms with van der Waals surface area (Å²) >= 11 is 7.44. The van der Waals surface area contributed by atoms with Gasteiger partial charge in [-0.3, -0.25) is 0 Å². The molecule has 4 heteroatoms. The molecule has 0 atom stereocenters. The molecule has 2 aromatic heterocycles. The first kappa shape index (κ1) is 11.4. The molecule has 0 aliphatic heterocycles. The number of aromatic nitrogens is 2. The second-order valence-corrected chi connectivity index (χ2v) is 4.63. The van der Waals surface area contributed by atoms with E-state index in [-0.39, 0.29) is 7.43 Å². The molecule has 0 amide bonds. The van der Waals surface area contributed by atoms with Crippen LogP contribution in [0.15, 0.2) is 12.3 Å². The van der Waals surface area contributed by atoms with E-state index < -0.39 is 0 Å². The molecule has 0 N–H and O–H groups in total. The quantitative estimate of drug-likeness (QED) is 0.734. The maximum atomic E-state index is 5.81. The normalized spacial score (nSPS) is 10.6. The Morgan fingerprint density at radius 2 is 2.14 bits per heavy atom. The van der Waals surface area contributed by atoms with Crippen LogP contribution in [0, 0.1) is 0 Å². The van der Waals surface area contributed by atoms with Crippen molar-refractivity contribution < 1.29 is 0 Å². The molecule has 0 saturated carbocycles. The third-order valence-electron chi connectivity index (χ3n) is 1.72. The van der Waals surface area contributed by atoms with E-state index in [2.05, 4.69) is 23.8 Å². The Labute approximate surface area is 93.0 Å². The second-order valence-electron chi connectivity index (χ2n) is 3.18. The van der Waals surface area contributed by atoms with Crippen LogP contribution in [-0.2, 0) is 0 Å². The van der Waals surface area contributed by atoms with Crippen LogP contribution < -0.4 is 0 Å². The summed E-state index contributed by atoms with van der Waals surface area (Å²) in [7, 11) is 0. The molecular formula is C10H13ClN2S. The van der Waals surface area contributed by atoms with Gasteiger partial charge in [-0.15, -0.1) is 0 Å². The molecule has 0 aromatic carbocycles. The number of nitrogens with zero attached hydrogens (tertiary/aromatic N) is 2. The van der Waals surface area contributed by atoms with Gasteiger partial charge in [0.15, 0.2) is 0 Å². The smallest absolute Gasteiger partial charge is 0.143 e. The van der Waals surface area contributed by atoms with Crippen LogP contribution in [0.1, 0.15) is 32.2 Å². The number of halogens is 1. The molecule has 0 fully saturated rings. The van der Waals surface area contributed by atoms with Gasteiger partial charge in [0.2, 0.25) is 0 Å². The summed E-state index contributed by atoms with van der Waals surface area (Å²) in [6.07, 6.45) is 1.66. The van der Waals surface area contributed by atoms with E-state index in [4.69, 9.17) is 11.6 Å². The van der Waals surface area contributed by atoms with Gasteiger partial charge in [-0.1, -0.05) is 44.2 Å². The summed E-state index contributed by atoms with van der Waals surface area (Å²) in [5.41, 5.74) is 0.904. The van der Waals surface area contributed by atoms with Gasteiger partial charge in [0.25, 0.3) is 0 Å². The Morgan fingerprint density at radius 3 is 2.79 bits per heavy atom. The number of thiazole rings is 1. The van der Waals surface area contributed by atoms with Crippen molar-refractivity contribution in [2.24, 2.45) is 0 Å². The third kappa shape index (κ3) is 2.04. The van der Waals surface area contributed by atoms with Crippen molar-refractivity contribution in [1.82, 2.24) is 9.97 Å². The summed E-state index contributed by atoms with van der Waals surface area (Å²) in [4.78, 5) is 9.62. The lowest BCUT2D eigenvalue weighted by atomic mass is 10.2. The van der Waals surface area contributed by atoms with Crippen molar-refractivity contribution in [2.75, 3.05) is 0 Å². The first-order valence-corrected chi connectivity index (χ1v) is 5.28. The van der Waals surface area contributed by atoms with E-state index in [0.29, 0.717) is 10.9 Å². The Hall–Kier alpha value is -0.670. The van der Waals surface area contributed by atoms with Crippen molar-refractivity contribution >= 4 is 33.3 Å². The van der Waals surface area contributed by atoms with Crippen LogP contribution in [0.4, 0.5) is 0 Å². The fourth-order valence-electron chi connectivity index (χ4n) is 1.06. The van der Waals surface area contributed by atoms with Gasteiger partial charge in [-0.05, 0) is 6.07 Å². The molecular weight excluding hydrogens is 216 g/mol. The predicted octanol–water partition coefficient (Wildman–Crippen LogP) is 4.10. The maximum absolute atomic E-state index is 5.81. The molecule has 0 bridgehead atoms. The maximum Gasteiger partial charge on any atom is 0.143 e. The highest BCUT2D eigenvalue weighted by Gasteiger charge is 2.07. The van der Waals surface area contributed by atoms with Crippen LogP contribution in [0.3, 0.4) is 0 Å². The summed E-state index contributed by atoms with van der Waals surface area (Å²) in [6, 6.07) is 1.85. The van der Waals surface area contributed by atoms with Crippen molar-refractivity contribution in [3.63, 3.8) is 0 Å². The Kier molecular flexibility index (Phi) is 3.45.